The third-order valence-electron chi connectivity index (χ3n) is 10.9. The monoisotopic (exact) mass is 1100 g/mol. The molecule has 4 heterocycles. The lowest BCUT2D eigenvalue weighted by Gasteiger charge is -2.49. The Kier molecular flexibility index (Phi) is 22.1. The number of carbonyl (C=O) groups is 10. The third-order valence-corrected chi connectivity index (χ3v) is 12.1. The van der Waals surface area contributed by atoms with E-state index in [0.29, 0.717) is 4.90 Å². The Balaban J connectivity index is 1.64. The highest BCUT2D eigenvalue weighted by molar-refractivity contribution is 7.99. The molecule has 27 nitrogen and oxygen atoms in total. The highest BCUT2D eigenvalue weighted by Gasteiger charge is 2.59. The minimum Gasteiger partial charge on any atom is -0.463 e. The highest BCUT2D eigenvalue weighted by Crippen LogP contribution is 2.40. The molecule has 0 bridgehead atoms. The van der Waals surface area contributed by atoms with E-state index in [-0.39, 0.29) is 6.54 Å². The maximum absolute atomic E-state index is 13.8. The normalized spacial score (nSPS) is 29.0. The molecule has 15 atom stereocenters. The molecule has 3 aliphatic rings. The van der Waals surface area contributed by atoms with E-state index in [2.05, 4.69) is 0 Å². The van der Waals surface area contributed by atoms with E-state index in [0.717, 1.165) is 74.1 Å². The molecular weight excluding hydrogens is 1040 g/mol. The SMILES string of the molecule is CC(=O)OC[C@H]1O[C@H](O[C@@H]2[C@@H](OC(C)=O)[C@H](OC[C@H]3O[C@@H](Sc4ccccc4)[C@H](OC(C)=O)[C@@H](OC(C)=O)[C@@H]3OC(=O)Cn3cc[n+](C)c3)O[C@H](COC(C)=O)[C@H]2OC(C)=O)[C@H](OC(C)=O)[C@@H](OC(C)=O)[C@@H]1OC(C)=O. The molecule has 2 aromatic rings. The molecule has 5 rings (SSSR count). The molecular formula is C48H61N2O25S+. The lowest BCUT2D eigenvalue weighted by molar-refractivity contribution is -0.671. The van der Waals surface area contributed by atoms with Gasteiger partial charge in [-0.2, -0.15) is 0 Å². The van der Waals surface area contributed by atoms with Gasteiger partial charge in [-0.05, 0) is 12.1 Å². The summed E-state index contributed by atoms with van der Waals surface area (Å²) in [4.78, 5) is 129. The number of esters is 10. The molecule has 28 heteroatoms. The summed E-state index contributed by atoms with van der Waals surface area (Å²) in [6.45, 7) is 6.82. The number of nitrogens with zero attached hydrogens (tertiary/aromatic N) is 2. The second kappa shape index (κ2) is 27.9. The fourth-order valence-electron chi connectivity index (χ4n) is 8.25. The van der Waals surface area contributed by atoms with E-state index >= 15 is 0 Å². The van der Waals surface area contributed by atoms with Crippen LogP contribution in [-0.2, 0) is 133 Å². The summed E-state index contributed by atoms with van der Waals surface area (Å²) in [5.41, 5.74) is -1.22. The Bertz CT molecular complexity index is 2400. The Hall–Kier alpha value is -6.72. The van der Waals surface area contributed by atoms with Gasteiger partial charge in [-0.3, -0.25) is 43.2 Å². The lowest BCUT2D eigenvalue weighted by atomic mass is 9.95. The van der Waals surface area contributed by atoms with E-state index < -0.39 is 171 Å². The molecule has 1 aromatic heterocycles. The number of benzene rings is 1. The summed E-state index contributed by atoms with van der Waals surface area (Å²) in [6, 6.07) is 8.66. The predicted molar refractivity (Wildman–Crippen MR) is 247 cm³/mol. The molecule has 0 aliphatic carbocycles. The number of imidazole rings is 1. The van der Waals surface area contributed by atoms with E-state index in [9.17, 15) is 47.9 Å². The van der Waals surface area contributed by atoms with Gasteiger partial charge in [0.25, 0.3) is 0 Å². The van der Waals surface area contributed by atoms with Crippen molar-refractivity contribution in [2.45, 2.75) is 165 Å². The maximum Gasteiger partial charge on any atom is 0.349 e. The molecule has 0 radical (unpaired) electrons. The van der Waals surface area contributed by atoms with Crippen molar-refractivity contribution in [1.29, 1.82) is 0 Å². The molecule has 3 saturated heterocycles. The number of thioether (sulfide) groups is 1. The van der Waals surface area contributed by atoms with Gasteiger partial charge in [-0.15, -0.1) is 0 Å². The van der Waals surface area contributed by atoms with Gasteiger partial charge in [0.05, 0.1) is 13.7 Å². The Labute approximate surface area is 439 Å². The highest BCUT2D eigenvalue weighted by atomic mass is 32.2. The van der Waals surface area contributed by atoms with Crippen molar-refractivity contribution in [3.05, 3.63) is 49.1 Å². The van der Waals surface area contributed by atoms with E-state index in [4.69, 9.17) is 71.1 Å². The van der Waals surface area contributed by atoms with Crippen LogP contribution in [0.4, 0.5) is 0 Å². The number of aromatic nitrogens is 2. The average Bonchev–Trinajstić information content (AvgIpc) is 3.72. The molecule has 3 aliphatic heterocycles. The van der Waals surface area contributed by atoms with Crippen LogP contribution in [0.1, 0.15) is 62.3 Å². The van der Waals surface area contributed by atoms with Crippen molar-refractivity contribution in [3.8, 4) is 0 Å². The van der Waals surface area contributed by atoms with Crippen molar-refractivity contribution < 1.29 is 124 Å². The van der Waals surface area contributed by atoms with Gasteiger partial charge < -0.3 is 71.1 Å². The van der Waals surface area contributed by atoms with Gasteiger partial charge in [0.15, 0.2) is 68.0 Å². The van der Waals surface area contributed by atoms with Gasteiger partial charge >= 0.3 is 59.7 Å². The quantitative estimate of drug-likeness (QED) is 0.0918. The molecule has 1 aromatic carbocycles. The molecule has 0 N–H and O–H groups in total. The molecule has 0 saturated carbocycles. The van der Waals surface area contributed by atoms with Crippen LogP contribution >= 0.6 is 11.8 Å². The summed E-state index contributed by atoms with van der Waals surface area (Å²) in [7, 11) is 1.72. The number of rotatable bonds is 21. The molecule has 418 valence electrons. The minimum absolute atomic E-state index is 0.369. The number of carbonyl (C=O) groups excluding carboxylic acids is 10. The van der Waals surface area contributed by atoms with Crippen molar-refractivity contribution in [2.75, 3.05) is 19.8 Å². The van der Waals surface area contributed by atoms with Crippen LogP contribution in [0.3, 0.4) is 0 Å². The second-order valence-corrected chi connectivity index (χ2v) is 18.5. The Morgan fingerprint density at radius 3 is 1.39 bits per heavy atom. The van der Waals surface area contributed by atoms with Gasteiger partial charge in [-0.25, -0.2) is 13.9 Å². The molecule has 76 heavy (non-hydrogen) atoms. The number of hydrogen-bond acceptors (Lipinski definition) is 26. The summed E-state index contributed by atoms with van der Waals surface area (Å²) < 4.78 is 91.4. The number of hydrogen-bond donors (Lipinski definition) is 0. The molecule has 0 unspecified atom stereocenters. The summed E-state index contributed by atoms with van der Waals surface area (Å²) in [6.07, 6.45) is -19.1. The van der Waals surface area contributed by atoms with Gasteiger partial charge in [0.1, 0.15) is 55.5 Å². The first-order valence-corrected chi connectivity index (χ1v) is 24.4. The zero-order valence-electron chi connectivity index (χ0n) is 43.1. The van der Waals surface area contributed by atoms with E-state index in [1.165, 1.54) is 4.57 Å². The van der Waals surface area contributed by atoms with Crippen LogP contribution in [0.5, 0.6) is 0 Å². The van der Waals surface area contributed by atoms with Gasteiger partial charge in [0.2, 0.25) is 6.33 Å². The second-order valence-electron chi connectivity index (χ2n) is 17.3. The van der Waals surface area contributed by atoms with Gasteiger partial charge in [-0.1, -0.05) is 30.0 Å². The lowest BCUT2D eigenvalue weighted by Crippen LogP contribution is -2.67. The van der Waals surface area contributed by atoms with Crippen molar-refractivity contribution in [3.63, 3.8) is 0 Å². The number of ether oxygens (including phenoxy) is 15. The third kappa shape index (κ3) is 17.7. The maximum atomic E-state index is 13.8. The summed E-state index contributed by atoms with van der Waals surface area (Å²) in [5, 5.41) is 0. The van der Waals surface area contributed by atoms with Crippen LogP contribution < -0.4 is 4.57 Å². The van der Waals surface area contributed by atoms with Crippen LogP contribution in [0.15, 0.2) is 53.9 Å². The van der Waals surface area contributed by atoms with Crippen molar-refractivity contribution in [1.82, 2.24) is 4.57 Å². The summed E-state index contributed by atoms with van der Waals surface area (Å²) >= 11 is 1.05. The van der Waals surface area contributed by atoms with Crippen molar-refractivity contribution in [2.24, 2.45) is 7.05 Å². The standard InChI is InChI=1S/C48H61N2O25S/c1-23(51)61-19-33-38(65-26(4)54)41(75-47-44(69-30(8)58)40(66-27(5)55)37(64-25(3)53)34(72-47)20-62-24(2)52)43(68-29(7)57)46(71-33)63-21-35-39(74-36(60)18-50-17-16-49(10)22-50)42(67-28(6)56)45(70-31(9)59)48(73-35)76-32-14-12-11-13-15-32/h11-17,22,33-35,37-48H,18-21H2,1-10H3/q+1/t33-,34-,35-,37-,38-,39-,40+,41+,42+,43-,44-,45-,46-,47-,48+/m1/s1. The zero-order valence-corrected chi connectivity index (χ0v) is 43.9. The fraction of sp³-hybridized carbons (Fsp3) is 0.604. The van der Waals surface area contributed by atoms with Crippen LogP contribution in [-0.4, -0.2) is 175 Å². The largest absolute Gasteiger partial charge is 0.463 e. The Morgan fingerprint density at radius 2 is 0.908 bits per heavy atom. The molecule has 0 spiro atoms. The van der Waals surface area contributed by atoms with Crippen molar-refractivity contribution >= 4 is 71.5 Å². The predicted octanol–water partition coefficient (Wildman–Crippen LogP) is 0.241. The van der Waals surface area contributed by atoms with E-state index in [1.807, 2.05) is 0 Å². The minimum atomic E-state index is -2.00. The van der Waals surface area contributed by atoms with E-state index in [1.54, 1.807) is 60.7 Å². The zero-order chi connectivity index (χ0) is 56.0. The average molecular weight is 1100 g/mol. The first-order chi connectivity index (χ1) is 35.9. The molecule has 0 amide bonds. The van der Waals surface area contributed by atoms with Crippen LogP contribution in [0.2, 0.25) is 0 Å². The molecule has 3 fully saturated rings. The first kappa shape index (κ1) is 60.1. The summed E-state index contributed by atoms with van der Waals surface area (Å²) in [5.74, 6) is -9.13. The van der Waals surface area contributed by atoms with Gasteiger partial charge in [0, 0.05) is 67.2 Å². The fourth-order valence-corrected chi connectivity index (χ4v) is 9.38. The van der Waals surface area contributed by atoms with Crippen LogP contribution in [0.25, 0.3) is 0 Å². The first-order valence-electron chi connectivity index (χ1n) is 23.5. The smallest absolute Gasteiger partial charge is 0.349 e. The van der Waals surface area contributed by atoms with Crippen LogP contribution in [0, 0.1) is 0 Å². The topological polar surface area (TPSA) is 318 Å². The number of aryl methyl sites for hydroxylation is 1. The Morgan fingerprint density at radius 1 is 0.487 bits per heavy atom.